The lowest BCUT2D eigenvalue weighted by molar-refractivity contribution is -0.703. The quantitative estimate of drug-likeness (QED) is 0.457. The summed E-state index contributed by atoms with van der Waals surface area (Å²) in [6, 6.07) is 0. The van der Waals surface area contributed by atoms with Crippen molar-refractivity contribution in [1.29, 1.82) is 0 Å². The normalized spacial score (nSPS) is 10.1. The Morgan fingerprint density at radius 3 is 2.75 bits per heavy atom. The minimum atomic E-state index is 0. The Kier molecular flexibility index (Phi) is 9.63. The summed E-state index contributed by atoms with van der Waals surface area (Å²) in [4.78, 5) is 3.29. The molecule has 0 spiro atoms. The highest BCUT2D eigenvalue weighted by Gasteiger charge is 2.08. The molecule has 0 aliphatic heterocycles. The largest absolute Gasteiger partial charge is 1.00 e. The summed E-state index contributed by atoms with van der Waals surface area (Å²) in [7, 11) is 0. The van der Waals surface area contributed by atoms with Crippen LogP contribution in [-0.4, -0.2) is 11.5 Å². The van der Waals surface area contributed by atoms with Crippen LogP contribution in [0.5, 0.6) is 0 Å². The summed E-state index contributed by atoms with van der Waals surface area (Å²) < 4.78 is 2.32. The molecule has 1 heterocycles. The molecular weight excluding hydrogens is 266 g/mol. The van der Waals surface area contributed by atoms with Gasteiger partial charge >= 0.3 is 0 Å². The van der Waals surface area contributed by atoms with Crippen molar-refractivity contribution in [2.45, 2.75) is 52.0 Å². The van der Waals surface area contributed by atoms with Gasteiger partial charge in [-0.25, -0.2) is 9.55 Å². The zero-order valence-corrected chi connectivity index (χ0v) is 11.8. The second-order valence-corrected chi connectivity index (χ2v) is 4.05. The molecule has 0 aromatic carbocycles. The number of aryl methyl sites for hydroxylation is 2. The van der Waals surface area contributed by atoms with Gasteiger partial charge in [0.05, 0.1) is 13.0 Å². The Labute approximate surface area is 109 Å². The van der Waals surface area contributed by atoms with Crippen molar-refractivity contribution in [3.8, 4) is 0 Å². The second-order valence-electron chi connectivity index (χ2n) is 4.05. The number of H-pyrrole nitrogens is 1. The Morgan fingerprint density at radius 1 is 1.25 bits per heavy atom. The van der Waals surface area contributed by atoms with E-state index >= 15 is 0 Å². The van der Waals surface area contributed by atoms with E-state index in [2.05, 4.69) is 22.7 Å². The molecule has 94 valence electrons. The van der Waals surface area contributed by atoms with Gasteiger partial charge in [0, 0.05) is 0 Å². The van der Waals surface area contributed by atoms with Crippen molar-refractivity contribution in [3.63, 3.8) is 0 Å². The molecular formula is C12H24BrN3. The first-order valence-electron chi connectivity index (χ1n) is 6.14. The van der Waals surface area contributed by atoms with Gasteiger partial charge in [0.1, 0.15) is 12.4 Å². The standard InChI is InChI=1S/C12H23N3.BrH/c1-2-3-4-5-10-15-11-9-14-12(15)7-6-8-13;/h9,11H,2-8,10,13H2,1H3;1H. The van der Waals surface area contributed by atoms with E-state index in [0.717, 1.165) is 25.9 Å². The average Bonchev–Trinajstić information content (AvgIpc) is 2.69. The fourth-order valence-electron chi connectivity index (χ4n) is 1.80. The highest BCUT2D eigenvalue weighted by Crippen LogP contribution is 1.99. The van der Waals surface area contributed by atoms with Crippen molar-refractivity contribution in [2.75, 3.05) is 6.54 Å². The number of nitrogens with two attached hydrogens (primary N) is 1. The van der Waals surface area contributed by atoms with Gasteiger partial charge < -0.3 is 22.7 Å². The van der Waals surface area contributed by atoms with Crippen molar-refractivity contribution in [1.82, 2.24) is 4.98 Å². The topological polar surface area (TPSA) is 45.7 Å². The number of nitrogens with one attached hydrogen (secondary N) is 1. The molecule has 0 unspecified atom stereocenters. The molecule has 3 nitrogen and oxygen atoms in total. The molecule has 0 bridgehead atoms. The summed E-state index contributed by atoms with van der Waals surface area (Å²) in [6.45, 7) is 4.16. The minimum absolute atomic E-state index is 0. The maximum Gasteiger partial charge on any atom is 0.254 e. The Balaban J connectivity index is 0.00000225. The molecule has 0 fully saturated rings. The molecule has 0 aliphatic rings. The number of unbranched alkanes of at least 4 members (excludes halogenated alkanes) is 3. The van der Waals surface area contributed by atoms with Crippen LogP contribution >= 0.6 is 0 Å². The molecule has 0 saturated heterocycles. The second kappa shape index (κ2) is 9.85. The van der Waals surface area contributed by atoms with Gasteiger partial charge in [-0.3, -0.25) is 0 Å². The first-order chi connectivity index (χ1) is 7.38. The van der Waals surface area contributed by atoms with E-state index in [1.165, 1.54) is 31.5 Å². The van der Waals surface area contributed by atoms with Crippen molar-refractivity contribution in [3.05, 3.63) is 18.2 Å². The van der Waals surface area contributed by atoms with Gasteiger partial charge in [0.15, 0.2) is 0 Å². The van der Waals surface area contributed by atoms with Crippen molar-refractivity contribution < 1.29 is 21.5 Å². The van der Waals surface area contributed by atoms with Crippen LogP contribution in [0, 0.1) is 0 Å². The number of nitrogens with zero attached hydrogens (tertiary/aromatic N) is 1. The SMILES string of the molecule is CCCCCC[n+]1cc[nH]c1CCCN.[Br-]. The summed E-state index contributed by atoms with van der Waals surface area (Å²) >= 11 is 0. The maximum absolute atomic E-state index is 5.51. The van der Waals surface area contributed by atoms with Crippen LogP contribution in [0.15, 0.2) is 12.4 Å². The van der Waals surface area contributed by atoms with Crippen LogP contribution < -0.4 is 27.3 Å². The molecule has 0 radical (unpaired) electrons. The van der Waals surface area contributed by atoms with E-state index in [1.54, 1.807) is 0 Å². The molecule has 4 heteroatoms. The molecule has 0 atom stereocenters. The summed E-state index contributed by atoms with van der Waals surface area (Å²) in [5, 5.41) is 0. The molecule has 0 amide bonds. The Bertz CT molecular complexity index is 261. The summed E-state index contributed by atoms with van der Waals surface area (Å²) in [6.07, 6.45) is 11.6. The van der Waals surface area contributed by atoms with E-state index in [0.29, 0.717) is 0 Å². The molecule has 1 aromatic rings. The highest BCUT2D eigenvalue weighted by molar-refractivity contribution is 4.77. The number of aromatic amines is 1. The minimum Gasteiger partial charge on any atom is -1.00 e. The number of hydrogen-bond acceptors (Lipinski definition) is 1. The van der Waals surface area contributed by atoms with E-state index in [1.807, 2.05) is 6.20 Å². The Hall–Kier alpha value is -0.350. The molecule has 16 heavy (non-hydrogen) atoms. The summed E-state index contributed by atoms with van der Waals surface area (Å²) in [5.74, 6) is 1.32. The first kappa shape index (κ1) is 15.7. The molecule has 3 N–H and O–H groups in total. The first-order valence-corrected chi connectivity index (χ1v) is 6.14. The summed E-state index contributed by atoms with van der Waals surface area (Å²) in [5.41, 5.74) is 5.51. The maximum atomic E-state index is 5.51. The monoisotopic (exact) mass is 289 g/mol. The fourth-order valence-corrected chi connectivity index (χ4v) is 1.80. The van der Waals surface area contributed by atoms with Crippen LogP contribution in [0.1, 0.15) is 44.9 Å². The van der Waals surface area contributed by atoms with Gasteiger partial charge in [-0.1, -0.05) is 19.8 Å². The van der Waals surface area contributed by atoms with Crippen LogP contribution in [0.2, 0.25) is 0 Å². The van der Waals surface area contributed by atoms with E-state index in [9.17, 15) is 0 Å². The third kappa shape index (κ3) is 5.66. The van der Waals surface area contributed by atoms with Crippen LogP contribution in [0.4, 0.5) is 0 Å². The number of rotatable bonds is 8. The van der Waals surface area contributed by atoms with Crippen LogP contribution in [0.3, 0.4) is 0 Å². The average molecular weight is 290 g/mol. The van der Waals surface area contributed by atoms with Gasteiger partial charge in [-0.2, -0.15) is 0 Å². The lowest BCUT2D eigenvalue weighted by atomic mass is 10.2. The highest BCUT2D eigenvalue weighted by atomic mass is 79.9. The van der Waals surface area contributed by atoms with E-state index in [-0.39, 0.29) is 17.0 Å². The smallest absolute Gasteiger partial charge is 0.254 e. The fraction of sp³-hybridized carbons (Fsp3) is 0.750. The Morgan fingerprint density at radius 2 is 2.06 bits per heavy atom. The third-order valence-electron chi connectivity index (χ3n) is 2.72. The zero-order valence-electron chi connectivity index (χ0n) is 10.2. The van der Waals surface area contributed by atoms with E-state index < -0.39 is 0 Å². The lowest BCUT2D eigenvalue weighted by Gasteiger charge is -2.00. The molecule has 0 saturated carbocycles. The third-order valence-corrected chi connectivity index (χ3v) is 2.72. The number of hydrogen-bond donors (Lipinski definition) is 2. The zero-order chi connectivity index (χ0) is 10.9. The number of aromatic nitrogens is 2. The van der Waals surface area contributed by atoms with Crippen LogP contribution in [-0.2, 0) is 13.0 Å². The number of imidazole rings is 1. The van der Waals surface area contributed by atoms with Gasteiger partial charge in [-0.05, 0) is 25.8 Å². The lowest BCUT2D eigenvalue weighted by Crippen LogP contribution is -3.00. The molecule has 0 aliphatic carbocycles. The molecule has 1 rings (SSSR count). The van der Waals surface area contributed by atoms with Gasteiger partial charge in [-0.15, -0.1) is 0 Å². The predicted molar refractivity (Wildman–Crippen MR) is 62.5 cm³/mol. The molecule has 1 aromatic heterocycles. The number of halogens is 1. The van der Waals surface area contributed by atoms with Crippen molar-refractivity contribution >= 4 is 0 Å². The predicted octanol–water partition coefficient (Wildman–Crippen LogP) is -1.22. The van der Waals surface area contributed by atoms with Gasteiger partial charge in [0.25, 0.3) is 5.82 Å². The van der Waals surface area contributed by atoms with E-state index in [4.69, 9.17) is 5.73 Å². The van der Waals surface area contributed by atoms with Crippen LogP contribution in [0.25, 0.3) is 0 Å². The van der Waals surface area contributed by atoms with Gasteiger partial charge in [0.2, 0.25) is 0 Å². The van der Waals surface area contributed by atoms with Crippen molar-refractivity contribution in [2.24, 2.45) is 5.73 Å².